The van der Waals surface area contributed by atoms with Crippen LogP contribution in [0.2, 0.25) is 10.0 Å². The predicted molar refractivity (Wildman–Crippen MR) is 174 cm³/mol. The fourth-order valence-electron chi connectivity index (χ4n) is 4.72. The summed E-state index contributed by atoms with van der Waals surface area (Å²) in [6.07, 6.45) is 0.193. The van der Waals surface area contributed by atoms with Crippen LogP contribution in [0, 0.1) is 6.92 Å². The normalized spacial score (nSPS) is 11.8. The van der Waals surface area contributed by atoms with Crippen molar-refractivity contribution in [2.24, 2.45) is 0 Å². The van der Waals surface area contributed by atoms with Crippen LogP contribution in [0.15, 0.2) is 102 Å². The second kappa shape index (κ2) is 14.6. The molecule has 1 atom stereocenters. The number of ether oxygens (including phenoxy) is 1. The summed E-state index contributed by atoms with van der Waals surface area (Å²) in [6.45, 7) is 1.19. The van der Waals surface area contributed by atoms with Crippen LogP contribution in [0.25, 0.3) is 0 Å². The number of halogens is 2. The Balaban J connectivity index is 1.82. The molecule has 230 valence electrons. The molecule has 0 saturated heterocycles. The van der Waals surface area contributed by atoms with Gasteiger partial charge in [-0.05, 0) is 54.4 Å². The highest BCUT2D eigenvalue weighted by atomic mass is 35.5. The topological polar surface area (TPSA) is 96.0 Å². The van der Waals surface area contributed by atoms with Gasteiger partial charge in [0.25, 0.3) is 10.0 Å². The van der Waals surface area contributed by atoms with E-state index in [1.807, 2.05) is 37.3 Å². The number of likely N-dealkylation sites (N-methyl/N-ethyl adjacent to an activating group) is 1. The molecular formula is C33H33Cl2N3O5S. The van der Waals surface area contributed by atoms with E-state index in [4.69, 9.17) is 27.9 Å². The molecule has 0 radical (unpaired) electrons. The lowest BCUT2D eigenvalue weighted by Crippen LogP contribution is -2.53. The molecule has 4 rings (SSSR count). The van der Waals surface area contributed by atoms with Gasteiger partial charge in [-0.25, -0.2) is 8.42 Å². The molecule has 4 aromatic rings. The maximum absolute atomic E-state index is 14.4. The molecule has 0 aliphatic rings. The maximum atomic E-state index is 14.4. The molecule has 0 aliphatic heterocycles. The van der Waals surface area contributed by atoms with Crippen LogP contribution >= 0.6 is 23.2 Å². The number of carbonyl (C=O) groups excluding carboxylic acids is 2. The van der Waals surface area contributed by atoms with Gasteiger partial charge in [-0.15, -0.1) is 0 Å². The lowest BCUT2D eigenvalue weighted by Gasteiger charge is -2.34. The highest BCUT2D eigenvalue weighted by molar-refractivity contribution is 7.92. The highest BCUT2D eigenvalue weighted by Gasteiger charge is 2.35. The summed E-state index contributed by atoms with van der Waals surface area (Å²) in [5, 5.41) is 2.77. The van der Waals surface area contributed by atoms with Gasteiger partial charge in [-0.2, -0.15) is 0 Å². The molecule has 4 aromatic carbocycles. The van der Waals surface area contributed by atoms with E-state index in [1.165, 1.54) is 43.3 Å². The van der Waals surface area contributed by atoms with Crippen molar-refractivity contribution in [3.8, 4) is 5.75 Å². The summed E-state index contributed by atoms with van der Waals surface area (Å²) in [7, 11) is -1.28. The van der Waals surface area contributed by atoms with Crippen LogP contribution in [0.5, 0.6) is 5.75 Å². The van der Waals surface area contributed by atoms with Crippen molar-refractivity contribution in [3.63, 3.8) is 0 Å². The van der Waals surface area contributed by atoms with E-state index in [0.717, 1.165) is 15.4 Å². The Bertz CT molecular complexity index is 1720. The summed E-state index contributed by atoms with van der Waals surface area (Å²) >= 11 is 12.8. The molecule has 11 heteroatoms. The Hall–Kier alpha value is -4.05. The van der Waals surface area contributed by atoms with Gasteiger partial charge in [0.1, 0.15) is 18.3 Å². The maximum Gasteiger partial charge on any atom is 0.264 e. The first-order valence-corrected chi connectivity index (χ1v) is 16.0. The van der Waals surface area contributed by atoms with Gasteiger partial charge in [0.05, 0.1) is 27.7 Å². The van der Waals surface area contributed by atoms with Crippen LogP contribution in [-0.4, -0.2) is 51.9 Å². The molecule has 0 heterocycles. The van der Waals surface area contributed by atoms with Gasteiger partial charge in [-0.3, -0.25) is 13.9 Å². The fraction of sp³-hybridized carbons (Fsp3) is 0.212. The zero-order chi connectivity index (χ0) is 31.9. The first kappa shape index (κ1) is 32.9. The van der Waals surface area contributed by atoms with Crippen LogP contribution in [0.1, 0.15) is 16.7 Å². The molecule has 0 aliphatic carbocycles. The van der Waals surface area contributed by atoms with Crippen LogP contribution in [0.3, 0.4) is 0 Å². The van der Waals surface area contributed by atoms with Crippen molar-refractivity contribution in [2.75, 3.05) is 25.0 Å². The first-order chi connectivity index (χ1) is 21.0. The average Bonchev–Trinajstić information content (AvgIpc) is 3.03. The number of amides is 2. The summed E-state index contributed by atoms with van der Waals surface area (Å²) in [5.74, 6) is -0.452. The monoisotopic (exact) mass is 653 g/mol. The first-order valence-electron chi connectivity index (χ1n) is 13.8. The average molecular weight is 655 g/mol. The second-order valence-electron chi connectivity index (χ2n) is 10.1. The summed E-state index contributed by atoms with van der Waals surface area (Å²) in [4.78, 5) is 29.1. The second-order valence-corrected chi connectivity index (χ2v) is 12.7. The van der Waals surface area contributed by atoms with E-state index in [0.29, 0.717) is 11.3 Å². The molecule has 0 saturated carbocycles. The van der Waals surface area contributed by atoms with Gasteiger partial charge in [0.2, 0.25) is 11.8 Å². The zero-order valence-corrected chi connectivity index (χ0v) is 26.9. The summed E-state index contributed by atoms with van der Waals surface area (Å²) in [6, 6.07) is 26.3. The zero-order valence-electron chi connectivity index (χ0n) is 24.5. The van der Waals surface area contributed by atoms with Gasteiger partial charge >= 0.3 is 0 Å². The number of sulfonamides is 1. The quantitative estimate of drug-likeness (QED) is 0.206. The number of carbonyl (C=O) groups is 2. The van der Waals surface area contributed by atoms with Gasteiger partial charge in [0.15, 0.2) is 0 Å². The summed E-state index contributed by atoms with van der Waals surface area (Å²) in [5.41, 5.74) is 2.42. The Labute approximate surface area is 268 Å². The third kappa shape index (κ3) is 7.72. The fourth-order valence-corrected chi connectivity index (χ4v) is 6.60. The van der Waals surface area contributed by atoms with Crippen molar-refractivity contribution in [1.29, 1.82) is 0 Å². The molecular weight excluding hydrogens is 621 g/mol. The Kier molecular flexibility index (Phi) is 10.9. The Morgan fingerprint density at radius 2 is 1.55 bits per heavy atom. The SMILES string of the molecule is CNC(=O)C(Cc1ccccc1)N(Cc1cccc(OC)c1)C(=O)CN(c1cccc(Cl)c1Cl)S(=O)(=O)c1ccc(C)cc1. The van der Waals surface area contributed by atoms with E-state index in [2.05, 4.69) is 5.32 Å². The number of nitrogens with one attached hydrogen (secondary N) is 1. The van der Waals surface area contributed by atoms with Crippen molar-refractivity contribution in [3.05, 3.63) is 124 Å². The smallest absolute Gasteiger partial charge is 0.264 e. The minimum atomic E-state index is -4.31. The lowest BCUT2D eigenvalue weighted by molar-refractivity contribution is -0.139. The van der Waals surface area contributed by atoms with E-state index in [-0.39, 0.29) is 33.6 Å². The van der Waals surface area contributed by atoms with E-state index in [9.17, 15) is 18.0 Å². The molecule has 0 aromatic heterocycles. The van der Waals surface area contributed by atoms with Crippen LogP contribution in [0.4, 0.5) is 5.69 Å². The van der Waals surface area contributed by atoms with E-state index in [1.54, 1.807) is 42.5 Å². The highest BCUT2D eigenvalue weighted by Crippen LogP contribution is 2.35. The molecule has 8 nitrogen and oxygen atoms in total. The van der Waals surface area contributed by atoms with Crippen molar-refractivity contribution >= 4 is 50.7 Å². The number of benzene rings is 4. The minimum absolute atomic E-state index is 0.00263. The Morgan fingerprint density at radius 1 is 0.886 bits per heavy atom. The van der Waals surface area contributed by atoms with Crippen LogP contribution in [-0.2, 0) is 32.6 Å². The van der Waals surface area contributed by atoms with Gasteiger partial charge < -0.3 is 15.0 Å². The number of hydrogen-bond acceptors (Lipinski definition) is 5. The van der Waals surface area contributed by atoms with E-state index < -0.39 is 34.4 Å². The van der Waals surface area contributed by atoms with Gasteiger partial charge in [-0.1, -0.05) is 89.4 Å². The molecule has 0 fully saturated rings. The van der Waals surface area contributed by atoms with Crippen LogP contribution < -0.4 is 14.4 Å². The van der Waals surface area contributed by atoms with Crippen molar-refractivity contribution < 1.29 is 22.7 Å². The largest absolute Gasteiger partial charge is 0.497 e. The summed E-state index contributed by atoms with van der Waals surface area (Å²) < 4.78 is 34.5. The standard InChI is InChI=1S/C33H33Cl2N3O5S/c1-23-15-17-27(18-16-23)44(41,42)38(29-14-8-13-28(34)32(29)35)22-31(39)37(21-25-11-7-12-26(19-25)43-3)30(33(40)36-2)20-24-9-5-4-6-10-24/h4-19,30H,20-22H2,1-3H3,(H,36,40). The minimum Gasteiger partial charge on any atom is -0.497 e. The number of rotatable bonds is 12. The molecule has 1 unspecified atom stereocenters. The number of methoxy groups -OCH3 is 1. The molecule has 0 bridgehead atoms. The molecule has 0 spiro atoms. The number of nitrogens with zero attached hydrogens (tertiary/aromatic N) is 2. The number of anilines is 1. The lowest BCUT2D eigenvalue weighted by atomic mass is 10.0. The number of hydrogen-bond donors (Lipinski definition) is 1. The predicted octanol–water partition coefficient (Wildman–Crippen LogP) is 5.89. The molecule has 1 N–H and O–H groups in total. The molecule has 2 amide bonds. The van der Waals surface area contributed by atoms with Crippen molar-refractivity contribution in [1.82, 2.24) is 10.2 Å². The number of aryl methyl sites for hydroxylation is 1. The van der Waals surface area contributed by atoms with Gasteiger partial charge in [0, 0.05) is 20.0 Å². The molecule has 44 heavy (non-hydrogen) atoms. The van der Waals surface area contributed by atoms with E-state index >= 15 is 0 Å². The Morgan fingerprint density at radius 3 is 2.20 bits per heavy atom. The van der Waals surface area contributed by atoms with Crippen molar-refractivity contribution in [2.45, 2.75) is 30.8 Å². The third-order valence-electron chi connectivity index (χ3n) is 7.09. The third-order valence-corrected chi connectivity index (χ3v) is 9.68.